The monoisotopic (exact) mass is 321 g/mol. The minimum Gasteiger partial charge on any atom is -1.00 e. The standard InChI is InChI=1S/C14H11ClN2.BrH/c1-10-6-7-17-9-13(16-14(17)8-10)11-4-2-3-5-12(11)15;/h2-9H,1H3;1H/p-1. The number of hydrogen-bond donors (Lipinski definition) is 0. The zero-order valence-corrected chi connectivity index (χ0v) is 12.1. The summed E-state index contributed by atoms with van der Waals surface area (Å²) in [5, 5.41) is 0.729. The van der Waals surface area contributed by atoms with E-state index in [4.69, 9.17) is 11.6 Å². The predicted octanol–water partition coefficient (Wildman–Crippen LogP) is 0.967. The van der Waals surface area contributed by atoms with Gasteiger partial charge in [-0.2, -0.15) is 0 Å². The van der Waals surface area contributed by atoms with E-state index in [-0.39, 0.29) is 17.0 Å². The quantitative estimate of drug-likeness (QED) is 0.652. The van der Waals surface area contributed by atoms with Gasteiger partial charge in [0.25, 0.3) is 0 Å². The van der Waals surface area contributed by atoms with E-state index in [9.17, 15) is 0 Å². The van der Waals surface area contributed by atoms with Crippen molar-refractivity contribution in [2.75, 3.05) is 0 Å². The van der Waals surface area contributed by atoms with E-state index in [0.717, 1.165) is 21.9 Å². The highest BCUT2D eigenvalue weighted by molar-refractivity contribution is 6.33. The van der Waals surface area contributed by atoms with Crippen molar-refractivity contribution in [2.45, 2.75) is 6.92 Å². The number of nitrogens with zero attached hydrogens (tertiary/aromatic N) is 2. The largest absolute Gasteiger partial charge is 1.00 e. The highest BCUT2D eigenvalue weighted by Gasteiger charge is 2.07. The third-order valence-electron chi connectivity index (χ3n) is 2.77. The van der Waals surface area contributed by atoms with Gasteiger partial charge in [0.15, 0.2) is 0 Å². The smallest absolute Gasteiger partial charge is 0.137 e. The molecule has 0 amide bonds. The molecule has 0 N–H and O–H groups in total. The van der Waals surface area contributed by atoms with Gasteiger partial charge in [-0.1, -0.05) is 29.8 Å². The molecule has 0 saturated heterocycles. The second kappa shape index (κ2) is 5.12. The summed E-state index contributed by atoms with van der Waals surface area (Å²) in [6.45, 7) is 2.06. The molecule has 1 aromatic carbocycles. The molecule has 0 unspecified atom stereocenters. The van der Waals surface area contributed by atoms with Gasteiger partial charge in [-0.05, 0) is 30.7 Å². The average molecular weight is 323 g/mol. The number of hydrogen-bond acceptors (Lipinski definition) is 1. The van der Waals surface area contributed by atoms with Gasteiger partial charge in [0.2, 0.25) is 0 Å². The van der Waals surface area contributed by atoms with Crippen LogP contribution in [0.3, 0.4) is 0 Å². The summed E-state index contributed by atoms with van der Waals surface area (Å²) in [7, 11) is 0. The molecule has 2 heterocycles. The van der Waals surface area contributed by atoms with E-state index in [1.807, 2.05) is 41.1 Å². The van der Waals surface area contributed by atoms with Crippen molar-refractivity contribution < 1.29 is 17.0 Å². The number of rotatable bonds is 1. The predicted molar refractivity (Wildman–Crippen MR) is 70.4 cm³/mol. The summed E-state index contributed by atoms with van der Waals surface area (Å²) in [6, 6.07) is 11.9. The first-order valence-electron chi connectivity index (χ1n) is 5.44. The molecular weight excluding hydrogens is 312 g/mol. The van der Waals surface area contributed by atoms with Crippen LogP contribution in [0, 0.1) is 6.92 Å². The highest BCUT2D eigenvalue weighted by atomic mass is 79.9. The summed E-state index contributed by atoms with van der Waals surface area (Å²) in [5.74, 6) is 0. The van der Waals surface area contributed by atoms with E-state index in [1.54, 1.807) is 0 Å². The maximum Gasteiger partial charge on any atom is 0.137 e. The van der Waals surface area contributed by atoms with Crippen LogP contribution >= 0.6 is 11.6 Å². The Bertz CT molecular complexity index is 691. The van der Waals surface area contributed by atoms with Gasteiger partial charge in [0.1, 0.15) is 5.65 Å². The Morgan fingerprint density at radius 2 is 1.94 bits per heavy atom. The van der Waals surface area contributed by atoms with Crippen molar-refractivity contribution in [1.82, 2.24) is 9.38 Å². The Labute approximate surface area is 121 Å². The number of imidazole rings is 1. The Morgan fingerprint density at radius 3 is 2.72 bits per heavy atom. The zero-order valence-electron chi connectivity index (χ0n) is 9.77. The first-order chi connectivity index (χ1) is 8.24. The minimum absolute atomic E-state index is 0. The first kappa shape index (κ1) is 13.1. The van der Waals surface area contributed by atoms with Crippen LogP contribution in [-0.2, 0) is 0 Å². The third kappa shape index (κ3) is 2.28. The fourth-order valence-electron chi connectivity index (χ4n) is 1.88. The molecule has 2 nitrogen and oxygen atoms in total. The van der Waals surface area contributed by atoms with Crippen molar-refractivity contribution >= 4 is 17.2 Å². The Balaban J connectivity index is 0.00000120. The van der Waals surface area contributed by atoms with E-state index >= 15 is 0 Å². The van der Waals surface area contributed by atoms with Crippen LogP contribution in [0.2, 0.25) is 5.02 Å². The van der Waals surface area contributed by atoms with Crippen LogP contribution in [-0.4, -0.2) is 9.38 Å². The topological polar surface area (TPSA) is 17.3 Å². The van der Waals surface area contributed by atoms with E-state index in [0.29, 0.717) is 0 Å². The van der Waals surface area contributed by atoms with Gasteiger partial charge < -0.3 is 21.4 Å². The molecule has 18 heavy (non-hydrogen) atoms. The lowest BCUT2D eigenvalue weighted by Gasteiger charge is -1.97. The number of halogens is 2. The van der Waals surface area contributed by atoms with Crippen LogP contribution in [0.15, 0.2) is 48.8 Å². The van der Waals surface area contributed by atoms with Crippen molar-refractivity contribution in [3.8, 4) is 11.3 Å². The molecule has 0 aliphatic carbocycles. The van der Waals surface area contributed by atoms with Gasteiger partial charge in [0.05, 0.1) is 10.7 Å². The maximum absolute atomic E-state index is 6.17. The molecule has 3 aromatic rings. The van der Waals surface area contributed by atoms with Gasteiger partial charge in [-0.3, -0.25) is 0 Å². The van der Waals surface area contributed by atoms with Crippen LogP contribution in [0.5, 0.6) is 0 Å². The lowest BCUT2D eigenvalue weighted by Crippen LogP contribution is -3.00. The summed E-state index contributed by atoms with van der Waals surface area (Å²) < 4.78 is 2.01. The summed E-state index contributed by atoms with van der Waals surface area (Å²) in [4.78, 5) is 4.58. The lowest BCUT2D eigenvalue weighted by atomic mass is 10.2. The average Bonchev–Trinajstić information content (AvgIpc) is 2.72. The molecule has 0 aliphatic heterocycles. The van der Waals surface area contributed by atoms with Gasteiger partial charge in [-0.25, -0.2) is 4.98 Å². The number of pyridine rings is 1. The van der Waals surface area contributed by atoms with Gasteiger partial charge >= 0.3 is 0 Å². The molecule has 3 rings (SSSR count). The summed E-state index contributed by atoms with van der Waals surface area (Å²) >= 11 is 6.17. The van der Waals surface area contributed by atoms with E-state index in [2.05, 4.69) is 24.0 Å². The van der Waals surface area contributed by atoms with Crippen LogP contribution < -0.4 is 17.0 Å². The number of benzene rings is 1. The van der Waals surface area contributed by atoms with Crippen molar-refractivity contribution in [2.24, 2.45) is 0 Å². The molecule has 92 valence electrons. The molecule has 0 atom stereocenters. The number of aryl methyl sites for hydroxylation is 1. The normalized spacial score (nSPS) is 10.3. The second-order valence-electron chi connectivity index (χ2n) is 4.08. The molecule has 4 heteroatoms. The Kier molecular flexibility index (Phi) is 3.73. The van der Waals surface area contributed by atoms with E-state index in [1.165, 1.54) is 5.56 Å². The van der Waals surface area contributed by atoms with Crippen molar-refractivity contribution in [3.63, 3.8) is 0 Å². The fraction of sp³-hybridized carbons (Fsp3) is 0.0714. The van der Waals surface area contributed by atoms with Gasteiger partial charge in [0, 0.05) is 18.0 Å². The SMILES string of the molecule is Cc1ccn2cc(-c3ccccc3Cl)nc2c1.[Br-]. The third-order valence-corrected chi connectivity index (χ3v) is 3.10. The Morgan fingerprint density at radius 1 is 1.17 bits per heavy atom. The lowest BCUT2D eigenvalue weighted by molar-refractivity contribution is -0.00000343. The Hall–Kier alpha value is -1.32. The minimum atomic E-state index is 0. The van der Waals surface area contributed by atoms with Crippen molar-refractivity contribution in [3.05, 3.63) is 59.4 Å². The maximum atomic E-state index is 6.17. The molecule has 0 fully saturated rings. The van der Waals surface area contributed by atoms with E-state index < -0.39 is 0 Å². The zero-order chi connectivity index (χ0) is 11.8. The van der Waals surface area contributed by atoms with Crippen LogP contribution in [0.4, 0.5) is 0 Å². The molecule has 0 saturated carbocycles. The number of aromatic nitrogens is 2. The molecular formula is C14H11BrClN2-. The van der Waals surface area contributed by atoms with Crippen molar-refractivity contribution in [1.29, 1.82) is 0 Å². The fourth-order valence-corrected chi connectivity index (χ4v) is 2.11. The molecule has 0 aliphatic rings. The molecule has 0 spiro atoms. The first-order valence-corrected chi connectivity index (χ1v) is 5.82. The summed E-state index contributed by atoms with van der Waals surface area (Å²) in [6.07, 6.45) is 4.01. The number of fused-ring (bicyclic) bond motifs is 1. The second-order valence-corrected chi connectivity index (χ2v) is 4.48. The molecule has 2 aromatic heterocycles. The van der Waals surface area contributed by atoms with Gasteiger partial charge in [-0.15, -0.1) is 0 Å². The highest BCUT2D eigenvalue weighted by Crippen LogP contribution is 2.26. The summed E-state index contributed by atoms with van der Waals surface area (Å²) in [5.41, 5.74) is 4.02. The molecule has 0 radical (unpaired) electrons. The van der Waals surface area contributed by atoms with Crippen LogP contribution in [0.1, 0.15) is 5.56 Å². The molecule has 0 bridgehead atoms. The van der Waals surface area contributed by atoms with Crippen LogP contribution in [0.25, 0.3) is 16.9 Å².